The Morgan fingerprint density at radius 1 is 1.09 bits per heavy atom. The number of hydrogen-bond donors (Lipinski definition) is 2. The fourth-order valence-electron chi connectivity index (χ4n) is 2.45. The fourth-order valence-corrected chi connectivity index (χ4v) is 2.45. The van der Waals surface area contributed by atoms with Crippen LogP contribution in [0.3, 0.4) is 0 Å². The number of guanidine groups is 1. The maximum atomic E-state index is 11.9. The number of carboxylic acids is 1. The van der Waals surface area contributed by atoms with E-state index >= 15 is 0 Å². The Balaban J connectivity index is 2.08. The summed E-state index contributed by atoms with van der Waals surface area (Å²) in [5.41, 5.74) is 1.30. The molecule has 2 aromatic rings. The van der Waals surface area contributed by atoms with E-state index in [1.54, 1.807) is 24.3 Å². The van der Waals surface area contributed by atoms with Crippen LogP contribution in [0.2, 0.25) is 0 Å². The summed E-state index contributed by atoms with van der Waals surface area (Å²) in [5, 5.41) is 12.2. The molecule has 2 aromatic carbocycles. The minimum atomic E-state index is -1.07. The first-order chi connectivity index (χ1) is 11.1. The number of amides is 1. The number of carboxylic acid groups (broad SMARTS) is 1. The van der Waals surface area contributed by atoms with Crippen molar-refractivity contribution in [2.75, 3.05) is 4.90 Å². The van der Waals surface area contributed by atoms with Crippen LogP contribution < -0.4 is 10.2 Å². The van der Waals surface area contributed by atoms with Gasteiger partial charge in [0.2, 0.25) is 11.9 Å². The second-order valence-electron chi connectivity index (χ2n) is 5.08. The third-order valence-corrected chi connectivity index (χ3v) is 3.48. The molecule has 0 bridgehead atoms. The average molecular weight is 309 g/mol. The highest BCUT2D eigenvalue weighted by molar-refractivity contribution is 6.13. The van der Waals surface area contributed by atoms with Crippen LogP contribution >= 0.6 is 0 Å². The molecule has 116 valence electrons. The Hall–Kier alpha value is -3.15. The lowest BCUT2D eigenvalue weighted by atomic mass is 10.1. The van der Waals surface area contributed by atoms with Crippen LogP contribution in [0.5, 0.6) is 0 Å². The predicted molar refractivity (Wildman–Crippen MR) is 86.6 cm³/mol. The van der Waals surface area contributed by atoms with Crippen LogP contribution in [0.15, 0.2) is 65.7 Å². The average Bonchev–Trinajstić information content (AvgIpc) is 2.56. The summed E-state index contributed by atoms with van der Waals surface area (Å²) < 4.78 is 0. The van der Waals surface area contributed by atoms with E-state index in [-0.39, 0.29) is 18.3 Å². The van der Waals surface area contributed by atoms with Gasteiger partial charge in [-0.1, -0.05) is 36.4 Å². The van der Waals surface area contributed by atoms with Gasteiger partial charge in [-0.25, -0.2) is 9.79 Å². The Kier molecular flexibility index (Phi) is 4.05. The molecule has 1 aliphatic rings. The molecule has 6 nitrogen and oxygen atoms in total. The summed E-state index contributed by atoms with van der Waals surface area (Å²) >= 11 is 0. The largest absolute Gasteiger partial charge is 0.480 e. The van der Waals surface area contributed by atoms with Crippen molar-refractivity contribution < 1.29 is 14.7 Å². The molecular formula is C17H15N3O3. The van der Waals surface area contributed by atoms with Crippen molar-refractivity contribution >= 4 is 29.2 Å². The predicted octanol–water partition coefficient (Wildman–Crippen LogP) is 2.15. The van der Waals surface area contributed by atoms with E-state index in [1.165, 1.54) is 4.90 Å². The van der Waals surface area contributed by atoms with Crippen molar-refractivity contribution in [1.29, 1.82) is 0 Å². The number of benzene rings is 2. The SMILES string of the molecule is O=C1CC(C(=O)O)N(c2ccccc2)C(=Nc2ccccc2)N1. The fraction of sp³-hybridized carbons (Fsp3) is 0.118. The first-order valence-corrected chi connectivity index (χ1v) is 7.16. The summed E-state index contributed by atoms with van der Waals surface area (Å²) in [6.45, 7) is 0. The van der Waals surface area contributed by atoms with E-state index in [0.29, 0.717) is 11.4 Å². The molecule has 0 spiro atoms. The maximum Gasteiger partial charge on any atom is 0.327 e. The zero-order chi connectivity index (χ0) is 16.2. The maximum absolute atomic E-state index is 11.9. The minimum absolute atomic E-state index is 0.127. The van der Waals surface area contributed by atoms with E-state index in [9.17, 15) is 14.7 Å². The summed E-state index contributed by atoms with van der Waals surface area (Å²) in [6.07, 6.45) is -0.127. The number of para-hydroxylation sites is 2. The molecule has 0 radical (unpaired) electrons. The van der Waals surface area contributed by atoms with Crippen molar-refractivity contribution in [3.05, 3.63) is 60.7 Å². The van der Waals surface area contributed by atoms with Gasteiger partial charge >= 0.3 is 5.97 Å². The van der Waals surface area contributed by atoms with Gasteiger partial charge in [0.25, 0.3) is 0 Å². The van der Waals surface area contributed by atoms with Gasteiger partial charge in [-0.2, -0.15) is 0 Å². The molecule has 6 heteroatoms. The smallest absolute Gasteiger partial charge is 0.327 e. The van der Waals surface area contributed by atoms with Crippen molar-refractivity contribution in [3.8, 4) is 0 Å². The molecular weight excluding hydrogens is 294 g/mol. The highest BCUT2D eigenvalue weighted by Gasteiger charge is 2.37. The topological polar surface area (TPSA) is 82.0 Å². The normalized spacial score (nSPS) is 19.5. The molecule has 2 N–H and O–H groups in total. The van der Waals surface area contributed by atoms with E-state index in [4.69, 9.17) is 0 Å². The molecule has 1 unspecified atom stereocenters. The Morgan fingerprint density at radius 2 is 1.70 bits per heavy atom. The molecule has 0 saturated carbocycles. The summed E-state index contributed by atoms with van der Waals surface area (Å²) in [4.78, 5) is 29.4. The molecule has 1 atom stereocenters. The van der Waals surface area contributed by atoms with Gasteiger partial charge in [-0.05, 0) is 24.3 Å². The summed E-state index contributed by atoms with van der Waals surface area (Å²) in [7, 11) is 0. The zero-order valence-corrected chi connectivity index (χ0v) is 12.2. The van der Waals surface area contributed by atoms with Crippen LogP contribution in [0.1, 0.15) is 6.42 Å². The highest BCUT2D eigenvalue weighted by Crippen LogP contribution is 2.23. The number of carbonyl (C=O) groups is 2. The third-order valence-electron chi connectivity index (χ3n) is 3.48. The molecule has 1 saturated heterocycles. The number of aliphatic imine (C=N–C) groups is 1. The molecule has 1 aliphatic heterocycles. The monoisotopic (exact) mass is 309 g/mol. The molecule has 0 aliphatic carbocycles. The van der Waals surface area contributed by atoms with Gasteiger partial charge in [0.05, 0.1) is 12.1 Å². The van der Waals surface area contributed by atoms with E-state index in [0.717, 1.165) is 0 Å². The van der Waals surface area contributed by atoms with E-state index in [2.05, 4.69) is 10.3 Å². The van der Waals surface area contributed by atoms with Gasteiger partial charge in [-0.3, -0.25) is 15.0 Å². The second kappa shape index (κ2) is 6.31. The van der Waals surface area contributed by atoms with Crippen LogP contribution in [0.25, 0.3) is 0 Å². The molecule has 1 heterocycles. The quantitative estimate of drug-likeness (QED) is 0.910. The number of aliphatic carboxylic acids is 1. The number of rotatable bonds is 3. The third kappa shape index (κ3) is 3.21. The van der Waals surface area contributed by atoms with Gasteiger partial charge in [-0.15, -0.1) is 0 Å². The van der Waals surface area contributed by atoms with Crippen LogP contribution in [0.4, 0.5) is 11.4 Å². The molecule has 23 heavy (non-hydrogen) atoms. The number of anilines is 1. The van der Waals surface area contributed by atoms with Crippen LogP contribution in [0, 0.1) is 0 Å². The molecule has 1 fully saturated rings. The second-order valence-corrected chi connectivity index (χ2v) is 5.08. The lowest BCUT2D eigenvalue weighted by molar-refractivity contribution is -0.140. The van der Waals surface area contributed by atoms with Crippen molar-refractivity contribution in [1.82, 2.24) is 5.32 Å². The number of hydrogen-bond acceptors (Lipinski definition) is 3. The van der Waals surface area contributed by atoms with Crippen LogP contribution in [-0.2, 0) is 9.59 Å². The minimum Gasteiger partial charge on any atom is -0.480 e. The standard InChI is InChI=1S/C17H15N3O3/c21-15-11-14(16(22)23)20(13-9-5-2-6-10-13)17(19-15)18-12-7-3-1-4-8-12/h1-10,14H,11H2,(H,22,23)(H,18,19,21). The van der Waals surface area contributed by atoms with Gasteiger partial charge in [0, 0.05) is 5.69 Å². The lowest BCUT2D eigenvalue weighted by Crippen LogP contribution is -2.58. The van der Waals surface area contributed by atoms with Gasteiger partial charge in [0.1, 0.15) is 6.04 Å². The molecule has 1 amide bonds. The van der Waals surface area contributed by atoms with E-state index in [1.807, 2.05) is 36.4 Å². The number of nitrogens with one attached hydrogen (secondary N) is 1. The lowest BCUT2D eigenvalue weighted by Gasteiger charge is -2.35. The summed E-state index contributed by atoms with van der Waals surface area (Å²) in [6, 6.07) is 17.1. The Morgan fingerprint density at radius 3 is 2.30 bits per heavy atom. The first kappa shape index (κ1) is 14.8. The zero-order valence-electron chi connectivity index (χ0n) is 12.2. The molecule has 0 aromatic heterocycles. The number of nitrogens with zero attached hydrogens (tertiary/aromatic N) is 2. The van der Waals surface area contributed by atoms with Crippen molar-refractivity contribution in [2.24, 2.45) is 4.99 Å². The van der Waals surface area contributed by atoms with Gasteiger partial charge in [0.15, 0.2) is 0 Å². The Labute approximate surface area is 133 Å². The highest BCUT2D eigenvalue weighted by atomic mass is 16.4. The van der Waals surface area contributed by atoms with Crippen LogP contribution in [-0.4, -0.2) is 29.0 Å². The van der Waals surface area contributed by atoms with E-state index < -0.39 is 12.0 Å². The summed E-state index contributed by atoms with van der Waals surface area (Å²) in [5.74, 6) is -1.21. The van der Waals surface area contributed by atoms with Crippen molar-refractivity contribution in [2.45, 2.75) is 12.5 Å². The van der Waals surface area contributed by atoms with Crippen molar-refractivity contribution in [3.63, 3.8) is 0 Å². The Bertz CT molecular complexity index is 744. The number of carbonyl (C=O) groups excluding carboxylic acids is 1. The molecule has 3 rings (SSSR count). The first-order valence-electron chi connectivity index (χ1n) is 7.16. The van der Waals surface area contributed by atoms with Gasteiger partial charge < -0.3 is 5.11 Å².